The highest BCUT2D eigenvalue weighted by atomic mass is 16.6. The largest absolute Gasteiger partial charge is 0.444 e. The van der Waals surface area contributed by atoms with Crippen LogP contribution in [0.5, 0.6) is 0 Å². The molecular weight excluding hydrogens is 314 g/mol. The third-order valence-electron chi connectivity index (χ3n) is 3.22. The van der Waals surface area contributed by atoms with Gasteiger partial charge in [0.25, 0.3) is 0 Å². The highest BCUT2D eigenvalue weighted by Gasteiger charge is 2.22. The third-order valence-corrected chi connectivity index (χ3v) is 3.22. The van der Waals surface area contributed by atoms with Crippen LogP contribution in [0.25, 0.3) is 0 Å². The number of nitrogens with one attached hydrogen (secondary N) is 3. The Hall–Kier alpha value is -1.83. The molecule has 0 spiro atoms. The van der Waals surface area contributed by atoms with Crippen LogP contribution in [0.3, 0.4) is 0 Å². The highest BCUT2D eigenvalue weighted by molar-refractivity contribution is 5.81. The van der Waals surface area contributed by atoms with Crippen molar-refractivity contribution in [3.8, 4) is 0 Å². The van der Waals surface area contributed by atoms with Gasteiger partial charge >= 0.3 is 6.09 Å². The predicted molar refractivity (Wildman–Crippen MR) is 88.5 cm³/mol. The minimum atomic E-state index is -0.555. The van der Waals surface area contributed by atoms with Crippen molar-refractivity contribution in [1.29, 1.82) is 0 Å². The number of alkyl carbamates (subject to hydrolysis) is 1. The lowest BCUT2D eigenvalue weighted by molar-refractivity contribution is -0.130. The van der Waals surface area contributed by atoms with Crippen molar-refractivity contribution in [1.82, 2.24) is 16.0 Å². The third kappa shape index (κ3) is 9.34. The van der Waals surface area contributed by atoms with Crippen LogP contribution in [0.2, 0.25) is 0 Å². The van der Waals surface area contributed by atoms with E-state index in [0.717, 1.165) is 12.8 Å². The van der Waals surface area contributed by atoms with Gasteiger partial charge in [0.05, 0.1) is 0 Å². The van der Waals surface area contributed by atoms with Gasteiger partial charge in [-0.05, 0) is 40.0 Å². The molecule has 1 unspecified atom stereocenters. The summed E-state index contributed by atoms with van der Waals surface area (Å²) in [7, 11) is 0. The summed E-state index contributed by atoms with van der Waals surface area (Å²) in [6, 6.07) is 0. The first-order chi connectivity index (χ1) is 11.3. The molecule has 1 saturated heterocycles. The Balaban J connectivity index is 1.98. The molecule has 1 rings (SSSR count). The van der Waals surface area contributed by atoms with Crippen LogP contribution in [0.1, 0.15) is 46.5 Å². The fourth-order valence-electron chi connectivity index (χ4n) is 2.11. The minimum Gasteiger partial charge on any atom is -0.444 e. The Labute approximate surface area is 143 Å². The average molecular weight is 343 g/mol. The van der Waals surface area contributed by atoms with E-state index in [1.165, 1.54) is 0 Å². The summed E-state index contributed by atoms with van der Waals surface area (Å²) in [6.07, 6.45) is 1.66. The summed E-state index contributed by atoms with van der Waals surface area (Å²) in [4.78, 5) is 34.7. The van der Waals surface area contributed by atoms with Crippen LogP contribution in [-0.4, -0.2) is 55.9 Å². The molecule has 1 aliphatic rings. The SMILES string of the molecule is CC(C)(C)OC(=O)NCCC(=O)NCCCNC(=O)C1CCCO1. The normalized spacial score (nSPS) is 17.2. The van der Waals surface area contributed by atoms with Crippen LogP contribution >= 0.6 is 0 Å². The second-order valence-electron chi connectivity index (χ2n) is 6.67. The number of rotatable bonds is 8. The molecule has 0 aromatic heterocycles. The fraction of sp³-hybridized carbons (Fsp3) is 0.812. The molecule has 8 heteroatoms. The molecule has 1 fully saturated rings. The van der Waals surface area contributed by atoms with Crippen LogP contribution in [0, 0.1) is 0 Å². The van der Waals surface area contributed by atoms with Gasteiger partial charge in [0, 0.05) is 32.7 Å². The summed E-state index contributed by atoms with van der Waals surface area (Å²) in [6.45, 7) is 7.15. The summed E-state index contributed by atoms with van der Waals surface area (Å²) < 4.78 is 10.3. The molecule has 24 heavy (non-hydrogen) atoms. The lowest BCUT2D eigenvalue weighted by Gasteiger charge is -2.19. The molecule has 0 aliphatic carbocycles. The topological polar surface area (TPSA) is 106 Å². The minimum absolute atomic E-state index is 0.0830. The van der Waals surface area contributed by atoms with E-state index in [2.05, 4.69) is 16.0 Å². The first-order valence-electron chi connectivity index (χ1n) is 8.41. The van der Waals surface area contributed by atoms with E-state index in [1.807, 2.05) is 0 Å². The van der Waals surface area contributed by atoms with Gasteiger partial charge in [-0.3, -0.25) is 9.59 Å². The first kappa shape index (κ1) is 20.2. The molecule has 8 nitrogen and oxygen atoms in total. The Morgan fingerprint density at radius 2 is 1.79 bits per heavy atom. The smallest absolute Gasteiger partial charge is 0.407 e. The van der Waals surface area contributed by atoms with Crippen LogP contribution in [0.4, 0.5) is 4.79 Å². The molecule has 0 aromatic rings. The molecule has 0 bridgehead atoms. The number of carbonyl (C=O) groups is 3. The number of ether oxygens (including phenoxy) is 2. The molecule has 3 N–H and O–H groups in total. The van der Waals surface area contributed by atoms with Gasteiger partial charge < -0.3 is 25.4 Å². The van der Waals surface area contributed by atoms with Crippen LogP contribution in [0.15, 0.2) is 0 Å². The molecule has 138 valence electrons. The maximum atomic E-state index is 11.7. The van der Waals surface area contributed by atoms with Crippen molar-refractivity contribution in [2.24, 2.45) is 0 Å². The van der Waals surface area contributed by atoms with E-state index in [1.54, 1.807) is 20.8 Å². The lowest BCUT2D eigenvalue weighted by atomic mass is 10.2. The highest BCUT2D eigenvalue weighted by Crippen LogP contribution is 2.11. The zero-order valence-electron chi connectivity index (χ0n) is 14.8. The Morgan fingerprint density at radius 1 is 1.08 bits per heavy atom. The average Bonchev–Trinajstić information content (AvgIpc) is 2.99. The molecule has 0 radical (unpaired) electrons. The number of carbonyl (C=O) groups excluding carboxylic acids is 3. The van der Waals surface area contributed by atoms with Gasteiger partial charge in [0.2, 0.25) is 11.8 Å². The van der Waals surface area contributed by atoms with Gasteiger partial charge in [0.15, 0.2) is 0 Å². The van der Waals surface area contributed by atoms with E-state index in [-0.39, 0.29) is 30.9 Å². The van der Waals surface area contributed by atoms with Gasteiger partial charge in [-0.15, -0.1) is 0 Å². The van der Waals surface area contributed by atoms with E-state index < -0.39 is 11.7 Å². The Morgan fingerprint density at radius 3 is 2.42 bits per heavy atom. The van der Waals surface area contributed by atoms with E-state index in [4.69, 9.17) is 9.47 Å². The van der Waals surface area contributed by atoms with Gasteiger partial charge in [-0.1, -0.05) is 0 Å². The zero-order chi connectivity index (χ0) is 18.0. The summed E-state index contributed by atoms with van der Waals surface area (Å²) >= 11 is 0. The van der Waals surface area contributed by atoms with E-state index in [9.17, 15) is 14.4 Å². The predicted octanol–water partition coefficient (Wildman–Crippen LogP) is 0.703. The Bertz CT molecular complexity index is 428. The van der Waals surface area contributed by atoms with Crippen LogP contribution < -0.4 is 16.0 Å². The molecule has 0 aromatic carbocycles. The van der Waals surface area contributed by atoms with Crippen molar-refractivity contribution in [2.75, 3.05) is 26.2 Å². The molecule has 1 heterocycles. The zero-order valence-corrected chi connectivity index (χ0v) is 14.8. The van der Waals surface area contributed by atoms with Crippen molar-refractivity contribution >= 4 is 17.9 Å². The lowest BCUT2D eigenvalue weighted by Crippen LogP contribution is -2.37. The molecule has 3 amide bonds. The molecular formula is C16H29N3O5. The van der Waals surface area contributed by atoms with E-state index in [0.29, 0.717) is 26.1 Å². The second kappa shape index (κ2) is 10.1. The van der Waals surface area contributed by atoms with Gasteiger partial charge in [-0.25, -0.2) is 4.79 Å². The molecule has 1 atom stereocenters. The number of amides is 3. The summed E-state index contributed by atoms with van der Waals surface area (Å²) in [5.41, 5.74) is -0.555. The van der Waals surface area contributed by atoms with Gasteiger partial charge in [0.1, 0.15) is 11.7 Å². The second-order valence-corrected chi connectivity index (χ2v) is 6.67. The number of hydrogen-bond acceptors (Lipinski definition) is 5. The maximum Gasteiger partial charge on any atom is 0.407 e. The van der Waals surface area contributed by atoms with Gasteiger partial charge in [-0.2, -0.15) is 0 Å². The first-order valence-corrected chi connectivity index (χ1v) is 8.41. The van der Waals surface area contributed by atoms with Crippen molar-refractivity contribution in [3.63, 3.8) is 0 Å². The van der Waals surface area contributed by atoms with Crippen molar-refractivity contribution in [2.45, 2.75) is 58.2 Å². The van der Waals surface area contributed by atoms with Crippen LogP contribution in [-0.2, 0) is 19.1 Å². The quantitative estimate of drug-likeness (QED) is 0.563. The van der Waals surface area contributed by atoms with E-state index >= 15 is 0 Å². The van der Waals surface area contributed by atoms with Crippen molar-refractivity contribution in [3.05, 3.63) is 0 Å². The number of hydrogen-bond donors (Lipinski definition) is 3. The molecule has 1 aliphatic heterocycles. The Kier molecular flexibility index (Phi) is 8.53. The summed E-state index contributed by atoms with van der Waals surface area (Å²) in [5.74, 6) is -0.239. The standard InChI is InChI=1S/C16H29N3O5/c1-16(2,3)24-15(22)19-10-7-13(20)17-8-5-9-18-14(21)12-6-4-11-23-12/h12H,4-11H2,1-3H3,(H,17,20)(H,18,21)(H,19,22). The molecule has 0 saturated carbocycles. The van der Waals surface area contributed by atoms with Crippen molar-refractivity contribution < 1.29 is 23.9 Å². The maximum absolute atomic E-state index is 11.7. The fourth-order valence-corrected chi connectivity index (χ4v) is 2.11. The monoisotopic (exact) mass is 343 g/mol. The summed E-state index contributed by atoms with van der Waals surface area (Å²) in [5, 5.41) is 8.05.